The van der Waals surface area contributed by atoms with Crippen LogP contribution in [0.5, 0.6) is 0 Å². The van der Waals surface area contributed by atoms with Crippen molar-refractivity contribution in [2.45, 2.75) is 33.2 Å². The van der Waals surface area contributed by atoms with Crippen LogP contribution in [0.1, 0.15) is 36.7 Å². The van der Waals surface area contributed by atoms with Crippen molar-refractivity contribution in [3.63, 3.8) is 0 Å². The molecule has 0 aromatic heterocycles. The number of amides is 1. The molecule has 0 saturated carbocycles. The van der Waals surface area contributed by atoms with Crippen molar-refractivity contribution in [1.82, 2.24) is 5.32 Å². The van der Waals surface area contributed by atoms with Crippen molar-refractivity contribution >= 4 is 30.7 Å². The maximum absolute atomic E-state index is 13.0. The predicted octanol–water partition coefficient (Wildman–Crippen LogP) is 3.37. The average molecular weight is 282 g/mol. The van der Waals surface area contributed by atoms with Gasteiger partial charge in [-0.15, -0.1) is 24.8 Å². The van der Waals surface area contributed by atoms with Gasteiger partial charge in [0.2, 0.25) is 0 Å². The summed E-state index contributed by atoms with van der Waals surface area (Å²) in [6, 6.07) is 4.39. The third kappa shape index (κ3) is 5.37. The van der Waals surface area contributed by atoms with Crippen molar-refractivity contribution in [2.24, 2.45) is 0 Å². The second-order valence-electron chi connectivity index (χ2n) is 3.78. The molecule has 0 atom stereocenters. The Balaban J connectivity index is 0. The van der Waals surface area contributed by atoms with Gasteiger partial charge >= 0.3 is 0 Å². The Morgan fingerprint density at radius 1 is 1.35 bits per heavy atom. The molecule has 5 heteroatoms. The Morgan fingerprint density at radius 2 is 1.94 bits per heavy atom. The van der Waals surface area contributed by atoms with Crippen molar-refractivity contribution in [3.8, 4) is 0 Å². The Morgan fingerprint density at radius 3 is 2.41 bits per heavy atom. The molecule has 0 heterocycles. The van der Waals surface area contributed by atoms with Crippen LogP contribution in [0.15, 0.2) is 18.2 Å². The molecule has 0 unspecified atom stereocenters. The number of benzene rings is 1. The second kappa shape index (κ2) is 8.31. The minimum absolute atomic E-state index is 0. The minimum atomic E-state index is -0.374. The van der Waals surface area contributed by atoms with Gasteiger partial charge in [-0.2, -0.15) is 0 Å². The molecule has 17 heavy (non-hydrogen) atoms. The maximum Gasteiger partial charge on any atom is 0.251 e. The fourth-order valence-corrected chi connectivity index (χ4v) is 1.41. The van der Waals surface area contributed by atoms with E-state index in [9.17, 15) is 9.18 Å². The topological polar surface area (TPSA) is 29.1 Å². The molecular weight excluding hydrogens is 264 g/mol. The molecule has 0 aliphatic heterocycles. The summed E-state index contributed by atoms with van der Waals surface area (Å²) in [5, 5.41) is 2.76. The lowest BCUT2D eigenvalue weighted by Gasteiger charge is -2.11. The molecule has 1 amide bonds. The summed E-state index contributed by atoms with van der Waals surface area (Å²) in [5.74, 6) is -0.581. The summed E-state index contributed by atoms with van der Waals surface area (Å²) < 4.78 is 13.0. The van der Waals surface area contributed by atoms with E-state index in [1.165, 1.54) is 12.1 Å². The molecule has 1 aromatic carbocycles. The van der Waals surface area contributed by atoms with Crippen LogP contribution < -0.4 is 5.32 Å². The number of carbonyl (C=O) groups excluding carboxylic acids is 1. The van der Waals surface area contributed by atoms with Gasteiger partial charge in [-0.3, -0.25) is 4.79 Å². The number of hydrogen-bond acceptors (Lipinski definition) is 1. The van der Waals surface area contributed by atoms with Gasteiger partial charge in [-0.1, -0.05) is 13.0 Å². The molecule has 2 nitrogen and oxygen atoms in total. The number of hydrogen-bond donors (Lipinski definition) is 1. The van der Waals surface area contributed by atoms with E-state index in [1.54, 1.807) is 6.07 Å². The molecule has 0 radical (unpaired) electrons. The highest BCUT2D eigenvalue weighted by molar-refractivity contribution is 5.95. The first-order valence-corrected chi connectivity index (χ1v) is 5.14. The van der Waals surface area contributed by atoms with Crippen molar-refractivity contribution in [3.05, 3.63) is 35.1 Å². The zero-order valence-corrected chi connectivity index (χ0v) is 11.8. The number of carbonyl (C=O) groups is 1. The van der Waals surface area contributed by atoms with Gasteiger partial charge < -0.3 is 5.32 Å². The summed E-state index contributed by atoms with van der Waals surface area (Å²) >= 11 is 0. The normalized spacial score (nSPS) is 9.24. The van der Waals surface area contributed by atoms with Gasteiger partial charge in [0.25, 0.3) is 5.91 Å². The van der Waals surface area contributed by atoms with E-state index in [0.29, 0.717) is 5.56 Å². The molecule has 1 rings (SSSR count). The lowest BCUT2D eigenvalue weighted by atomic mass is 10.0. The van der Waals surface area contributed by atoms with Crippen LogP contribution in [0.25, 0.3) is 0 Å². The van der Waals surface area contributed by atoms with Gasteiger partial charge in [0, 0.05) is 11.6 Å². The zero-order valence-electron chi connectivity index (χ0n) is 10.1. The first-order valence-electron chi connectivity index (χ1n) is 5.14. The van der Waals surface area contributed by atoms with Gasteiger partial charge in [0.05, 0.1) is 0 Å². The maximum atomic E-state index is 13.0. The van der Waals surface area contributed by atoms with Crippen LogP contribution in [-0.4, -0.2) is 11.9 Å². The van der Waals surface area contributed by atoms with Gasteiger partial charge in [0.1, 0.15) is 5.82 Å². The Hall–Kier alpha value is -0.800. The molecule has 0 fully saturated rings. The van der Waals surface area contributed by atoms with Crippen molar-refractivity contribution in [1.29, 1.82) is 0 Å². The Labute approximate surface area is 114 Å². The van der Waals surface area contributed by atoms with Crippen LogP contribution in [-0.2, 0) is 6.42 Å². The molecule has 0 spiro atoms. The number of nitrogens with one attached hydrogen (secondary N) is 1. The molecule has 1 aromatic rings. The highest BCUT2D eigenvalue weighted by Crippen LogP contribution is 2.12. The third-order valence-electron chi connectivity index (χ3n) is 2.12. The first kappa shape index (κ1) is 18.6. The lowest BCUT2D eigenvalue weighted by Crippen LogP contribution is -2.30. The number of halogens is 3. The average Bonchev–Trinajstić information content (AvgIpc) is 2.16. The summed E-state index contributed by atoms with van der Waals surface area (Å²) in [6.45, 7) is 5.70. The van der Waals surface area contributed by atoms with E-state index in [2.05, 4.69) is 5.32 Å². The molecule has 1 N–H and O–H groups in total. The Bertz CT molecular complexity index is 370. The summed E-state index contributed by atoms with van der Waals surface area (Å²) in [5.41, 5.74) is 1.31. The van der Waals surface area contributed by atoms with Crippen molar-refractivity contribution in [2.75, 3.05) is 0 Å². The van der Waals surface area contributed by atoms with E-state index in [0.717, 1.165) is 12.0 Å². The standard InChI is InChI=1S/C12H16FNO.2ClH/c1-4-9-5-6-10(13)7-11(9)12(15)14-8(2)3;;/h5-8H,4H2,1-3H3,(H,14,15);2*1H. The molecule has 0 aliphatic rings. The molecule has 0 aliphatic carbocycles. The van der Waals surface area contributed by atoms with Gasteiger partial charge in [-0.05, 0) is 38.0 Å². The van der Waals surface area contributed by atoms with Crippen molar-refractivity contribution < 1.29 is 9.18 Å². The van der Waals surface area contributed by atoms with E-state index in [-0.39, 0.29) is 42.6 Å². The monoisotopic (exact) mass is 281 g/mol. The summed E-state index contributed by atoms with van der Waals surface area (Å²) in [7, 11) is 0. The van der Waals surface area contributed by atoms with Crippen LogP contribution >= 0.6 is 24.8 Å². The van der Waals surface area contributed by atoms with E-state index in [4.69, 9.17) is 0 Å². The van der Waals surface area contributed by atoms with E-state index >= 15 is 0 Å². The smallest absolute Gasteiger partial charge is 0.251 e. The van der Waals surface area contributed by atoms with E-state index < -0.39 is 0 Å². The second-order valence-corrected chi connectivity index (χ2v) is 3.78. The fraction of sp³-hybridized carbons (Fsp3) is 0.417. The molecule has 0 saturated heterocycles. The number of aryl methyl sites for hydroxylation is 1. The highest BCUT2D eigenvalue weighted by Gasteiger charge is 2.11. The summed E-state index contributed by atoms with van der Waals surface area (Å²) in [4.78, 5) is 11.7. The van der Waals surface area contributed by atoms with Gasteiger partial charge in [-0.25, -0.2) is 4.39 Å². The van der Waals surface area contributed by atoms with Crippen LogP contribution in [0.3, 0.4) is 0 Å². The highest BCUT2D eigenvalue weighted by atomic mass is 35.5. The largest absolute Gasteiger partial charge is 0.350 e. The minimum Gasteiger partial charge on any atom is -0.350 e. The molecular formula is C12H18Cl2FNO. The molecule has 98 valence electrons. The van der Waals surface area contributed by atoms with Crippen LogP contribution in [0, 0.1) is 5.82 Å². The van der Waals surface area contributed by atoms with Crippen LogP contribution in [0.4, 0.5) is 4.39 Å². The number of rotatable bonds is 3. The lowest BCUT2D eigenvalue weighted by molar-refractivity contribution is 0.0941. The summed E-state index contributed by atoms with van der Waals surface area (Å²) in [6.07, 6.45) is 0.723. The van der Waals surface area contributed by atoms with Gasteiger partial charge in [0.15, 0.2) is 0 Å². The quantitative estimate of drug-likeness (QED) is 0.904. The van der Waals surface area contributed by atoms with E-state index in [1.807, 2.05) is 20.8 Å². The third-order valence-corrected chi connectivity index (χ3v) is 2.12. The Kier molecular flexibility index (Phi) is 9.08. The fourth-order valence-electron chi connectivity index (χ4n) is 1.41. The molecule has 0 bridgehead atoms. The predicted molar refractivity (Wildman–Crippen MR) is 72.9 cm³/mol. The SMILES string of the molecule is CCc1ccc(F)cc1C(=O)NC(C)C.Cl.Cl. The zero-order chi connectivity index (χ0) is 11.4. The first-order chi connectivity index (χ1) is 7.04. The van der Waals surface area contributed by atoms with Crippen LogP contribution in [0.2, 0.25) is 0 Å².